The Hall–Kier alpha value is -2.46. The van der Waals surface area contributed by atoms with E-state index in [4.69, 9.17) is 16.3 Å². The maximum absolute atomic E-state index is 13.3. The average Bonchev–Trinajstić information content (AvgIpc) is 3.53. The Bertz CT molecular complexity index is 1260. The van der Waals surface area contributed by atoms with Crippen molar-refractivity contribution in [3.63, 3.8) is 0 Å². The fourth-order valence-electron chi connectivity index (χ4n) is 4.77. The third kappa shape index (κ3) is 4.57. The molecule has 2 unspecified atom stereocenters. The van der Waals surface area contributed by atoms with Gasteiger partial charge in [-0.3, -0.25) is 4.72 Å². The van der Waals surface area contributed by atoms with Crippen LogP contribution in [0.15, 0.2) is 53.7 Å². The van der Waals surface area contributed by atoms with Crippen LogP contribution < -0.4 is 10.0 Å². The van der Waals surface area contributed by atoms with Gasteiger partial charge in [-0.25, -0.2) is 8.42 Å². The minimum Gasteiger partial charge on any atom is -0.381 e. The lowest BCUT2D eigenvalue weighted by Crippen LogP contribution is -2.32. The fourth-order valence-corrected chi connectivity index (χ4v) is 6.02. The molecule has 3 aromatic rings. The molecule has 0 spiro atoms. The Morgan fingerprint density at radius 3 is 2.76 bits per heavy atom. The van der Waals surface area contributed by atoms with Crippen LogP contribution in [0, 0.1) is 0 Å². The normalized spacial score (nSPS) is 23.2. The molecule has 0 aliphatic carbocycles. The predicted molar refractivity (Wildman–Crippen MR) is 132 cm³/mol. The SMILES string of the molecule is CC1(c2ccc(S(=O)(=O)Nc3ccc(Cl)cc3-c3nncn3C3CCNC3)cc2)CCCOC1. The first-order valence-electron chi connectivity index (χ1n) is 11.5. The van der Waals surface area contributed by atoms with Crippen LogP contribution in [-0.2, 0) is 20.2 Å². The van der Waals surface area contributed by atoms with Gasteiger partial charge in [0.25, 0.3) is 10.0 Å². The lowest BCUT2D eigenvalue weighted by molar-refractivity contribution is 0.0419. The molecule has 10 heteroatoms. The van der Waals surface area contributed by atoms with Crippen molar-refractivity contribution in [2.24, 2.45) is 0 Å². The summed E-state index contributed by atoms with van der Waals surface area (Å²) in [7, 11) is -3.83. The van der Waals surface area contributed by atoms with E-state index in [1.165, 1.54) is 0 Å². The molecule has 0 radical (unpaired) electrons. The lowest BCUT2D eigenvalue weighted by Gasteiger charge is -2.34. The van der Waals surface area contributed by atoms with Crippen molar-refractivity contribution in [2.75, 3.05) is 31.0 Å². The Morgan fingerprint density at radius 2 is 2.06 bits per heavy atom. The third-order valence-corrected chi connectivity index (χ3v) is 8.38. The summed E-state index contributed by atoms with van der Waals surface area (Å²) in [6.45, 7) is 5.30. The van der Waals surface area contributed by atoms with Crippen LogP contribution in [0.5, 0.6) is 0 Å². The number of sulfonamides is 1. The number of hydrogen-bond acceptors (Lipinski definition) is 6. The van der Waals surface area contributed by atoms with Crippen LogP contribution in [0.1, 0.15) is 37.8 Å². The van der Waals surface area contributed by atoms with E-state index in [0.29, 0.717) is 28.7 Å². The summed E-state index contributed by atoms with van der Waals surface area (Å²) in [5.74, 6) is 0.578. The Kier molecular flexibility index (Phi) is 6.37. The first-order chi connectivity index (χ1) is 16.4. The molecule has 3 heterocycles. The number of rotatable bonds is 6. The quantitative estimate of drug-likeness (QED) is 0.529. The molecule has 2 fully saturated rings. The molecule has 0 bridgehead atoms. The highest BCUT2D eigenvalue weighted by molar-refractivity contribution is 7.92. The zero-order valence-corrected chi connectivity index (χ0v) is 20.6. The molecule has 1 aromatic heterocycles. The van der Waals surface area contributed by atoms with Crippen LogP contribution in [0.3, 0.4) is 0 Å². The summed E-state index contributed by atoms with van der Waals surface area (Å²) >= 11 is 6.28. The van der Waals surface area contributed by atoms with Gasteiger partial charge in [0.1, 0.15) is 6.33 Å². The van der Waals surface area contributed by atoms with Crippen LogP contribution in [-0.4, -0.2) is 49.5 Å². The summed E-state index contributed by atoms with van der Waals surface area (Å²) in [5.41, 5.74) is 1.97. The van der Waals surface area contributed by atoms with Gasteiger partial charge in [0, 0.05) is 29.2 Å². The number of aromatic nitrogens is 3. The highest BCUT2D eigenvalue weighted by Gasteiger charge is 2.30. The van der Waals surface area contributed by atoms with Gasteiger partial charge in [0.2, 0.25) is 0 Å². The molecule has 2 aromatic carbocycles. The van der Waals surface area contributed by atoms with E-state index in [2.05, 4.69) is 27.2 Å². The van der Waals surface area contributed by atoms with Gasteiger partial charge in [0.05, 0.1) is 23.2 Å². The van der Waals surface area contributed by atoms with Gasteiger partial charge in [-0.05, 0) is 61.7 Å². The Labute approximate surface area is 204 Å². The molecular weight excluding hydrogens is 474 g/mol. The van der Waals surface area contributed by atoms with E-state index in [0.717, 1.165) is 44.5 Å². The van der Waals surface area contributed by atoms with E-state index in [9.17, 15) is 8.42 Å². The zero-order valence-electron chi connectivity index (χ0n) is 19.0. The number of ether oxygens (including phenoxy) is 1. The largest absolute Gasteiger partial charge is 0.381 e. The van der Waals surface area contributed by atoms with Crippen LogP contribution >= 0.6 is 11.6 Å². The minimum absolute atomic E-state index is 0.101. The van der Waals surface area contributed by atoms with Gasteiger partial charge >= 0.3 is 0 Å². The van der Waals surface area contributed by atoms with Gasteiger partial charge in [-0.1, -0.05) is 30.7 Å². The molecule has 5 rings (SSSR count). The van der Waals surface area contributed by atoms with Gasteiger partial charge in [-0.15, -0.1) is 10.2 Å². The maximum Gasteiger partial charge on any atom is 0.261 e. The molecule has 0 saturated carbocycles. The van der Waals surface area contributed by atoms with E-state index in [-0.39, 0.29) is 16.4 Å². The molecule has 8 nitrogen and oxygen atoms in total. The van der Waals surface area contributed by atoms with Crippen LogP contribution in [0.2, 0.25) is 5.02 Å². The van der Waals surface area contributed by atoms with Gasteiger partial charge in [-0.2, -0.15) is 0 Å². The monoisotopic (exact) mass is 501 g/mol. The van der Waals surface area contributed by atoms with E-state index < -0.39 is 10.0 Å². The van der Waals surface area contributed by atoms with E-state index in [1.807, 2.05) is 16.7 Å². The number of halogens is 1. The smallest absolute Gasteiger partial charge is 0.261 e. The molecule has 2 atom stereocenters. The van der Waals surface area contributed by atoms with Crippen molar-refractivity contribution in [2.45, 2.75) is 42.5 Å². The molecule has 2 N–H and O–H groups in total. The number of anilines is 1. The number of nitrogens with zero attached hydrogens (tertiary/aromatic N) is 3. The second-order valence-electron chi connectivity index (χ2n) is 9.25. The molecule has 2 aliphatic heterocycles. The van der Waals surface area contributed by atoms with E-state index >= 15 is 0 Å². The summed E-state index contributed by atoms with van der Waals surface area (Å²) in [4.78, 5) is 0.193. The summed E-state index contributed by atoms with van der Waals surface area (Å²) < 4.78 is 37.0. The summed E-state index contributed by atoms with van der Waals surface area (Å²) in [5, 5.41) is 12.2. The van der Waals surface area contributed by atoms with Crippen molar-refractivity contribution in [3.8, 4) is 11.4 Å². The van der Waals surface area contributed by atoms with E-state index in [1.54, 1.807) is 36.7 Å². The van der Waals surface area contributed by atoms with Crippen molar-refractivity contribution in [1.29, 1.82) is 0 Å². The first kappa shape index (κ1) is 23.3. The molecule has 2 saturated heterocycles. The van der Waals surface area contributed by atoms with Crippen LogP contribution in [0.25, 0.3) is 11.4 Å². The number of nitrogens with one attached hydrogen (secondary N) is 2. The van der Waals surface area contributed by atoms with Crippen LogP contribution in [0.4, 0.5) is 5.69 Å². The highest BCUT2D eigenvalue weighted by Crippen LogP contribution is 2.35. The molecule has 34 heavy (non-hydrogen) atoms. The van der Waals surface area contributed by atoms with Gasteiger partial charge < -0.3 is 14.6 Å². The molecular formula is C24H28ClN5O3S. The molecule has 0 amide bonds. The Balaban J connectivity index is 1.44. The minimum atomic E-state index is -3.83. The topological polar surface area (TPSA) is 98.1 Å². The second-order valence-corrected chi connectivity index (χ2v) is 11.4. The molecule has 2 aliphatic rings. The average molecular weight is 502 g/mol. The standard InChI is InChI=1S/C24H28ClN5O3S/c1-24(10-2-12-33-15-24)17-3-6-20(7-4-17)34(31,32)29-22-8-5-18(25)13-21(22)23-28-27-16-30(23)19-9-11-26-14-19/h3-8,13,16,19,26,29H,2,9-12,14-15H2,1H3. The Morgan fingerprint density at radius 1 is 1.24 bits per heavy atom. The van der Waals surface area contributed by atoms with Crippen molar-refractivity contribution >= 4 is 27.3 Å². The zero-order chi connectivity index (χ0) is 23.8. The summed E-state index contributed by atoms with van der Waals surface area (Å²) in [6, 6.07) is 12.3. The second kappa shape index (κ2) is 9.30. The highest BCUT2D eigenvalue weighted by atomic mass is 35.5. The predicted octanol–water partition coefficient (Wildman–Crippen LogP) is 4.00. The number of hydrogen-bond donors (Lipinski definition) is 2. The molecule has 180 valence electrons. The maximum atomic E-state index is 13.3. The third-order valence-electron chi connectivity index (χ3n) is 6.77. The van der Waals surface area contributed by atoms with Crippen molar-refractivity contribution < 1.29 is 13.2 Å². The summed E-state index contributed by atoms with van der Waals surface area (Å²) in [6.07, 6.45) is 4.64. The number of benzene rings is 2. The first-order valence-corrected chi connectivity index (χ1v) is 13.3. The van der Waals surface area contributed by atoms with Gasteiger partial charge in [0.15, 0.2) is 5.82 Å². The lowest BCUT2D eigenvalue weighted by atomic mass is 9.78. The van der Waals surface area contributed by atoms with Crippen molar-refractivity contribution in [1.82, 2.24) is 20.1 Å². The van der Waals surface area contributed by atoms with Crippen molar-refractivity contribution in [3.05, 3.63) is 59.4 Å². The fraction of sp³-hybridized carbons (Fsp3) is 0.417.